The molecule has 1 aromatic heterocycles. The van der Waals surface area contributed by atoms with Gasteiger partial charge >= 0.3 is 0 Å². The average molecular weight is 585 g/mol. The molecule has 0 fully saturated rings. The Morgan fingerprint density at radius 3 is 2.34 bits per heavy atom. The molecule has 0 spiro atoms. The monoisotopic (exact) mass is 584 g/mol. The van der Waals surface area contributed by atoms with Gasteiger partial charge in [-0.2, -0.15) is 0 Å². The smallest absolute Gasteiger partial charge is 0.247 e. The van der Waals surface area contributed by atoms with Gasteiger partial charge in [-0.05, 0) is 57.9 Å². The Balaban J connectivity index is 1.92. The molecule has 10 nitrogen and oxygen atoms in total. The molecule has 2 N–H and O–H groups in total. The van der Waals surface area contributed by atoms with E-state index >= 15 is 0 Å². The van der Waals surface area contributed by atoms with Crippen molar-refractivity contribution in [2.45, 2.75) is 58.5 Å². The number of nitrogens with one attached hydrogen (secondary N) is 2. The molecule has 3 rings (SSSR count). The van der Waals surface area contributed by atoms with Crippen molar-refractivity contribution in [3.05, 3.63) is 70.4 Å². The van der Waals surface area contributed by atoms with Crippen molar-refractivity contribution in [2.24, 2.45) is 0 Å². The summed E-state index contributed by atoms with van der Waals surface area (Å²) in [6.45, 7) is 7.47. The van der Waals surface area contributed by atoms with Gasteiger partial charge in [-0.1, -0.05) is 41.0 Å². The number of methoxy groups -OCH3 is 2. The summed E-state index contributed by atoms with van der Waals surface area (Å²) in [7, 11) is 3.10. The summed E-state index contributed by atoms with van der Waals surface area (Å²) >= 11 is 6.56. The second-order valence-corrected chi connectivity index (χ2v) is 11.0. The first-order valence-corrected chi connectivity index (χ1v) is 13.6. The Morgan fingerprint density at radius 2 is 1.73 bits per heavy atom. The summed E-state index contributed by atoms with van der Waals surface area (Å²) in [5.41, 5.74) is 0.789. The van der Waals surface area contributed by atoms with Gasteiger partial charge in [0.25, 0.3) is 0 Å². The normalized spacial score (nSPS) is 11.9. The fourth-order valence-corrected chi connectivity index (χ4v) is 4.50. The zero-order chi connectivity index (χ0) is 30.2. The van der Waals surface area contributed by atoms with Crippen LogP contribution in [0.15, 0.2) is 53.1 Å². The van der Waals surface area contributed by atoms with E-state index in [0.717, 1.165) is 5.56 Å². The van der Waals surface area contributed by atoms with Crippen LogP contribution in [-0.4, -0.2) is 54.1 Å². The summed E-state index contributed by atoms with van der Waals surface area (Å²) in [4.78, 5) is 41.6. The predicted octanol–water partition coefficient (Wildman–Crippen LogP) is 5.10. The molecule has 0 saturated carbocycles. The third-order valence-electron chi connectivity index (χ3n) is 6.13. The van der Waals surface area contributed by atoms with E-state index in [2.05, 4.69) is 15.8 Å². The summed E-state index contributed by atoms with van der Waals surface area (Å²) in [6.07, 6.45) is 0.145. The number of nitrogens with zero attached hydrogens (tertiary/aromatic N) is 2. The molecule has 3 amide bonds. The highest BCUT2D eigenvalue weighted by atomic mass is 35.5. The number of halogens is 1. The van der Waals surface area contributed by atoms with Crippen LogP contribution in [0.3, 0.4) is 0 Å². The van der Waals surface area contributed by atoms with E-state index in [-0.39, 0.29) is 37.0 Å². The minimum atomic E-state index is -1.03. The van der Waals surface area contributed by atoms with Crippen LogP contribution in [0, 0.1) is 6.92 Å². The van der Waals surface area contributed by atoms with Crippen LogP contribution in [0.2, 0.25) is 5.02 Å². The van der Waals surface area contributed by atoms with Gasteiger partial charge in [0.1, 0.15) is 11.8 Å². The molecule has 0 saturated heterocycles. The quantitative estimate of drug-likeness (QED) is 0.303. The van der Waals surface area contributed by atoms with Gasteiger partial charge in [0.15, 0.2) is 17.3 Å². The van der Waals surface area contributed by atoms with Crippen LogP contribution in [0.4, 0.5) is 5.82 Å². The van der Waals surface area contributed by atoms with E-state index in [1.165, 1.54) is 4.90 Å². The topological polar surface area (TPSA) is 123 Å². The van der Waals surface area contributed by atoms with E-state index in [1.807, 2.05) is 32.9 Å². The highest BCUT2D eigenvalue weighted by Gasteiger charge is 2.34. The largest absolute Gasteiger partial charge is 0.493 e. The first-order valence-electron chi connectivity index (χ1n) is 13.2. The lowest BCUT2D eigenvalue weighted by molar-refractivity contribution is -0.142. The Bertz CT molecular complexity index is 1370. The van der Waals surface area contributed by atoms with Crippen LogP contribution in [-0.2, 0) is 20.8 Å². The van der Waals surface area contributed by atoms with Crippen LogP contribution in [0.1, 0.15) is 56.5 Å². The molecule has 220 valence electrons. The number of carbonyl (C=O) groups is 3. The molecule has 0 aliphatic carbocycles. The number of benzene rings is 2. The fraction of sp³-hybridized carbons (Fsp3) is 0.400. The lowest BCUT2D eigenvalue weighted by Crippen LogP contribution is -2.50. The number of anilines is 1. The molecule has 0 aliphatic heterocycles. The number of aromatic nitrogens is 1. The molecule has 1 heterocycles. The van der Waals surface area contributed by atoms with Gasteiger partial charge < -0.3 is 29.5 Å². The van der Waals surface area contributed by atoms with E-state index in [9.17, 15) is 14.4 Å². The van der Waals surface area contributed by atoms with Crippen molar-refractivity contribution in [3.63, 3.8) is 0 Å². The number of carbonyl (C=O) groups excluding carboxylic acids is 3. The molecule has 0 bridgehead atoms. The lowest BCUT2D eigenvalue weighted by Gasteiger charge is -2.34. The molecule has 41 heavy (non-hydrogen) atoms. The Kier molecular flexibility index (Phi) is 10.8. The average Bonchev–Trinajstić information content (AvgIpc) is 3.33. The van der Waals surface area contributed by atoms with Gasteiger partial charge in [-0.25, -0.2) is 0 Å². The zero-order valence-corrected chi connectivity index (χ0v) is 25.0. The molecule has 0 aliphatic rings. The molecule has 0 radical (unpaired) electrons. The first-order chi connectivity index (χ1) is 19.4. The maximum Gasteiger partial charge on any atom is 0.247 e. The highest BCUT2D eigenvalue weighted by molar-refractivity contribution is 6.31. The van der Waals surface area contributed by atoms with E-state index < -0.39 is 17.5 Å². The van der Waals surface area contributed by atoms with Crippen LogP contribution in [0.25, 0.3) is 0 Å². The Morgan fingerprint density at radius 1 is 1.02 bits per heavy atom. The Hall–Kier alpha value is -4.05. The van der Waals surface area contributed by atoms with Crippen molar-refractivity contribution in [1.82, 2.24) is 15.4 Å². The van der Waals surface area contributed by atoms with Gasteiger partial charge in [0.2, 0.25) is 17.7 Å². The van der Waals surface area contributed by atoms with Gasteiger partial charge in [0.05, 0.1) is 14.2 Å². The summed E-state index contributed by atoms with van der Waals surface area (Å²) in [6, 6.07) is 13.0. The van der Waals surface area contributed by atoms with Crippen molar-refractivity contribution in [2.75, 3.05) is 26.1 Å². The molecule has 11 heteroatoms. The van der Waals surface area contributed by atoms with Gasteiger partial charge in [0, 0.05) is 41.6 Å². The van der Waals surface area contributed by atoms with Crippen molar-refractivity contribution in [3.8, 4) is 11.5 Å². The molecule has 3 aromatic rings. The standard InChI is InChI=1S/C30H37ClN4O6/c1-19-17-25(34-41-19)32-26(36)13-14-27(37)35(16-15-20-11-12-23(39-5)24(18-20)40-6)28(29(38)33-30(2,3)4)21-9-7-8-10-22(21)31/h7-12,17-18,28H,13-16H2,1-6H3,(H,33,38)(H,32,34,36). The summed E-state index contributed by atoms with van der Waals surface area (Å²) in [5.74, 6) is 0.778. The zero-order valence-electron chi connectivity index (χ0n) is 24.2. The minimum Gasteiger partial charge on any atom is -0.493 e. The molecule has 2 aromatic carbocycles. The van der Waals surface area contributed by atoms with Crippen molar-refractivity contribution < 1.29 is 28.4 Å². The second kappa shape index (κ2) is 14.0. The van der Waals surface area contributed by atoms with Crippen molar-refractivity contribution in [1.29, 1.82) is 0 Å². The SMILES string of the molecule is COc1ccc(CCN(C(=O)CCC(=O)Nc2cc(C)on2)C(C(=O)NC(C)(C)C)c2ccccc2Cl)cc1OC. The van der Waals surface area contributed by atoms with Gasteiger partial charge in [-0.15, -0.1) is 0 Å². The van der Waals surface area contributed by atoms with E-state index in [1.54, 1.807) is 57.5 Å². The fourth-order valence-electron chi connectivity index (χ4n) is 4.26. The highest BCUT2D eigenvalue weighted by Crippen LogP contribution is 2.31. The van der Waals surface area contributed by atoms with Crippen LogP contribution in [0.5, 0.6) is 11.5 Å². The van der Waals surface area contributed by atoms with E-state index in [4.69, 9.17) is 25.6 Å². The second-order valence-electron chi connectivity index (χ2n) is 10.6. The molecule has 1 atom stereocenters. The maximum atomic E-state index is 13.8. The Labute approximate surface area is 245 Å². The third kappa shape index (κ3) is 8.97. The molecule has 1 unspecified atom stereocenters. The number of amides is 3. The number of hydrogen-bond donors (Lipinski definition) is 2. The third-order valence-corrected chi connectivity index (χ3v) is 6.47. The lowest BCUT2D eigenvalue weighted by atomic mass is 10.00. The summed E-state index contributed by atoms with van der Waals surface area (Å²) < 4.78 is 15.7. The predicted molar refractivity (Wildman–Crippen MR) is 156 cm³/mol. The number of aryl methyl sites for hydroxylation is 1. The van der Waals surface area contributed by atoms with Crippen molar-refractivity contribution >= 4 is 35.1 Å². The summed E-state index contributed by atoms with van der Waals surface area (Å²) in [5, 5.41) is 9.71. The van der Waals surface area contributed by atoms with E-state index in [0.29, 0.717) is 34.3 Å². The molecular formula is C30H37ClN4O6. The van der Waals surface area contributed by atoms with Crippen LogP contribution >= 0.6 is 11.6 Å². The van der Waals surface area contributed by atoms with Crippen LogP contribution < -0.4 is 20.1 Å². The first kappa shape index (κ1) is 31.5. The molecular weight excluding hydrogens is 548 g/mol. The maximum absolute atomic E-state index is 13.8. The number of hydrogen-bond acceptors (Lipinski definition) is 7. The minimum absolute atomic E-state index is 0.117. The van der Waals surface area contributed by atoms with Gasteiger partial charge in [-0.3, -0.25) is 14.4 Å². The number of ether oxygens (including phenoxy) is 2. The number of rotatable bonds is 12.